The van der Waals surface area contributed by atoms with Crippen molar-refractivity contribution in [3.8, 4) is 5.75 Å². The van der Waals surface area contributed by atoms with E-state index in [2.05, 4.69) is 19.1 Å². The van der Waals surface area contributed by atoms with E-state index in [9.17, 15) is 13.2 Å². The highest BCUT2D eigenvalue weighted by Gasteiger charge is 2.52. The molecule has 1 saturated carbocycles. The SMILES string of the molecule is CCc1cc2c(cc1OS(N)(=O)=O)CCC1C2CC[C@]2(C)C(=O)C=CC12. The van der Waals surface area contributed by atoms with Crippen molar-refractivity contribution in [2.45, 2.75) is 51.9 Å². The molecule has 3 unspecified atom stereocenters. The van der Waals surface area contributed by atoms with Crippen LogP contribution in [0.2, 0.25) is 0 Å². The van der Waals surface area contributed by atoms with E-state index in [4.69, 9.17) is 9.32 Å². The predicted molar refractivity (Wildman–Crippen MR) is 99.1 cm³/mol. The molecule has 4 atom stereocenters. The molecule has 5 nitrogen and oxygen atoms in total. The van der Waals surface area contributed by atoms with Gasteiger partial charge in [-0.1, -0.05) is 26.0 Å². The minimum Gasteiger partial charge on any atom is -0.371 e. The van der Waals surface area contributed by atoms with E-state index >= 15 is 0 Å². The second kappa shape index (κ2) is 5.92. The summed E-state index contributed by atoms with van der Waals surface area (Å²) in [5, 5.41) is 5.07. The second-order valence-corrected chi connectivity index (χ2v) is 9.26. The van der Waals surface area contributed by atoms with Crippen LogP contribution in [0.4, 0.5) is 0 Å². The molecule has 0 aliphatic heterocycles. The number of allylic oxidation sites excluding steroid dienone is 2. The highest BCUT2D eigenvalue weighted by Crippen LogP contribution is 2.57. The molecule has 4 rings (SSSR count). The normalized spacial score (nSPS) is 32.7. The van der Waals surface area contributed by atoms with Crippen LogP contribution in [0.15, 0.2) is 24.3 Å². The number of aryl methyl sites for hydroxylation is 2. The molecular formula is C20H25NO4S. The maximum absolute atomic E-state index is 12.4. The molecule has 0 heterocycles. The van der Waals surface area contributed by atoms with Gasteiger partial charge in [-0.25, -0.2) is 0 Å². The number of hydrogen-bond acceptors (Lipinski definition) is 4. The van der Waals surface area contributed by atoms with Gasteiger partial charge < -0.3 is 4.18 Å². The van der Waals surface area contributed by atoms with Crippen molar-refractivity contribution in [2.24, 2.45) is 22.4 Å². The van der Waals surface area contributed by atoms with Crippen LogP contribution in [0.25, 0.3) is 0 Å². The van der Waals surface area contributed by atoms with Crippen molar-refractivity contribution < 1.29 is 17.4 Å². The Morgan fingerprint density at radius 3 is 2.77 bits per heavy atom. The summed E-state index contributed by atoms with van der Waals surface area (Å²) in [7, 11) is -4.03. The van der Waals surface area contributed by atoms with Gasteiger partial charge in [-0.2, -0.15) is 13.6 Å². The van der Waals surface area contributed by atoms with E-state index < -0.39 is 10.3 Å². The van der Waals surface area contributed by atoms with Crippen molar-refractivity contribution in [3.05, 3.63) is 41.0 Å². The molecule has 1 aromatic rings. The highest BCUT2D eigenvalue weighted by atomic mass is 32.2. The Labute approximate surface area is 154 Å². The molecule has 3 aliphatic rings. The van der Waals surface area contributed by atoms with E-state index in [-0.39, 0.29) is 11.2 Å². The lowest BCUT2D eigenvalue weighted by atomic mass is 9.55. The van der Waals surface area contributed by atoms with Crippen molar-refractivity contribution in [1.29, 1.82) is 0 Å². The van der Waals surface area contributed by atoms with Crippen LogP contribution in [-0.2, 0) is 27.9 Å². The van der Waals surface area contributed by atoms with E-state index in [1.807, 2.05) is 13.0 Å². The lowest BCUT2D eigenvalue weighted by Gasteiger charge is -2.48. The summed E-state index contributed by atoms with van der Waals surface area (Å²) in [6.45, 7) is 4.10. The number of benzene rings is 1. The molecule has 6 heteroatoms. The first kappa shape index (κ1) is 17.7. The van der Waals surface area contributed by atoms with Crippen molar-refractivity contribution in [2.75, 3.05) is 0 Å². The standard InChI is InChI=1S/C20H25NO4S/c1-3-12-10-16-13(11-18(12)25-26(21,23)24)4-5-15-14(16)8-9-20(2)17(15)6-7-19(20)22/h6-7,10-11,14-15,17H,3-5,8-9H2,1-2H3,(H2,21,23,24)/t14?,15?,17?,20-/m0/s1. The molecule has 1 aromatic carbocycles. The summed E-state index contributed by atoms with van der Waals surface area (Å²) in [5.74, 6) is 1.83. The number of rotatable bonds is 3. The molecule has 2 N–H and O–H groups in total. The zero-order chi connectivity index (χ0) is 18.7. The number of carbonyl (C=O) groups is 1. The maximum atomic E-state index is 12.4. The van der Waals surface area contributed by atoms with Gasteiger partial charge in [0.2, 0.25) is 0 Å². The molecule has 26 heavy (non-hydrogen) atoms. The third kappa shape index (κ3) is 2.70. The number of carbonyl (C=O) groups excluding carboxylic acids is 1. The topological polar surface area (TPSA) is 86.5 Å². The Bertz CT molecular complexity index is 905. The van der Waals surface area contributed by atoms with Crippen LogP contribution in [0.5, 0.6) is 5.75 Å². The molecule has 140 valence electrons. The molecule has 0 saturated heterocycles. The molecule has 0 radical (unpaired) electrons. The number of fused-ring (bicyclic) bond motifs is 5. The van der Waals surface area contributed by atoms with E-state index in [1.54, 1.807) is 6.08 Å². The largest absolute Gasteiger partial charge is 0.380 e. The minimum absolute atomic E-state index is 0.233. The van der Waals surface area contributed by atoms with Gasteiger partial charge >= 0.3 is 10.3 Å². The summed E-state index contributed by atoms with van der Waals surface area (Å²) in [4.78, 5) is 12.4. The smallest absolute Gasteiger partial charge is 0.371 e. The molecular weight excluding hydrogens is 350 g/mol. The molecule has 0 spiro atoms. The van der Waals surface area contributed by atoms with Gasteiger partial charge in [-0.15, -0.1) is 0 Å². The Kier molecular flexibility index (Phi) is 4.04. The fourth-order valence-corrected chi connectivity index (χ4v) is 5.80. The minimum atomic E-state index is -4.03. The van der Waals surface area contributed by atoms with Gasteiger partial charge in [-0.05, 0) is 78.7 Å². The van der Waals surface area contributed by atoms with Gasteiger partial charge in [0.1, 0.15) is 5.75 Å². The van der Waals surface area contributed by atoms with Gasteiger partial charge in [0, 0.05) is 5.41 Å². The number of ketones is 1. The molecule has 0 amide bonds. The Balaban J connectivity index is 1.73. The second-order valence-electron chi connectivity index (χ2n) is 8.10. The van der Waals surface area contributed by atoms with Gasteiger partial charge in [-0.3, -0.25) is 4.79 Å². The molecule has 0 bridgehead atoms. The lowest BCUT2D eigenvalue weighted by molar-refractivity contribution is -0.126. The first-order chi connectivity index (χ1) is 12.2. The zero-order valence-corrected chi connectivity index (χ0v) is 16.0. The van der Waals surface area contributed by atoms with Gasteiger partial charge in [0.25, 0.3) is 0 Å². The van der Waals surface area contributed by atoms with Crippen molar-refractivity contribution in [3.63, 3.8) is 0 Å². The Morgan fingerprint density at radius 2 is 2.08 bits per heavy atom. The van der Waals surface area contributed by atoms with Gasteiger partial charge in [0.15, 0.2) is 5.78 Å². The molecule has 3 aliphatic carbocycles. The lowest BCUT2D eigenvalue weighted by Crippen LogP contribution is -2.43. The van der Waals surface area contributed by atoms with Crippen LogP contribution in [0, 0.1) is 17.3 Å². The van der Waals surface area contributed by atoms with Crippen LogP contribution >= 0.6 is 0 Å². The van der Waals surface area contributed by atoms with Gasteiger partial charge in [0.05, 0.1) is 0 Å². The third-order valence-corrected chi connectivity index (χ3v) is 7.17. The first-order valence-corrected chi connectivity index (χ1v) is 10.8. The van der Waals surface area contributed by atoms with E-state index in [0.717, 1.165) is 36.8 Å². The summed E-state index contributed by atoms with van der Waals surface area (Å²) in [6, 6.07) is 3.97. The van der Waals surface area contributed by atoms with Crippen molar-refractivity contribution >= 4 is 16.1 Å². The van der Waals surface area contributed by atoms with Crippen molar-refractivity contribution in [1.82, 2.24) is 0 Å². The van der Waals surface area contributed by atoms with Crippen LogP contribution in [-0.4, -0.2) is 14.2 Å². The monoisotopic (exact) mass is 375 g/mol. The predicted octanol–water partition coefficient (Wildman–Crippen LogP) is 3.03. The first-order valence-electron chi connectivity index (χ1n) is 9.33. The summed E-state index contributed by atoms with van der Waals surface area (Å²) in [5.41, 5.74) is 3.08. The van der Waals surface area contributed by atoms with E-state index in [1.165, 1.54) is 5.56 Å². The van der Waals surface area contributed by atoms with Crippen LogP contribution in [0.3, 0.4) is 0 Å². The summed E-state index contributed by atoms with van der Waals surface area (Å²) < 4.78 is 27.8. The number of nitrogens with two attached hydrogens (primary N) is 1. The maximum Gasteiger partial charge on any atom is 0.380 e. The number of hydrogen-bond donors (Lipinski definition) is 1. The Hall–Kier alpha value is -1.66. The van der Waals surface area contributed by atoms with E-state index in [0.29, 0.717) is 29.9 Å². The fraction of sp³-hybridized carbons (Fsp3) is 0.550. The zero-order valence-electron chi connectivity index (χ0n) is 15.2. The molecule has 0 aromatic heterocycles. The summed E-state index contributed by atoms with van der Waals surface area (Å²) in [6.07, 6.45) is 8.37. The Morgan fingerprint density at radius 1 is 1.31 bits per heavy atom. The van der Waals surface area contributed by atoms with Crippen LogP contribution in [0.1, 0.15) is 55.7 Å². The van der Waals surface area contributed by atoms with Crippen LogP contribution < -0.4 is 9.32 Å². The summed E-state index contributed by atoms with van der Waals surface area (Å²) >= 11 is 0. The third-order valence-electron chi connectivity index (χ3n) is 6.76. The average Bonchev–Trinajstić information content (AvgIpc) is 2.88. The average molecular weight is 375 g/mol. The highest BCUT2D eigenvalue weighted by molar-refractivity contribution is 7.84. The quantitative estimate of drug-likeness (QED) is 0.880. The fourth-order valence-electron chi connectivity index (χ4n) is 5.40. The molecule has 1 fully saturated rings.